The number of carbonyl (C=O) groups is 2. The summed E-state index contributed by atoms with van der Waals surface area (Å²) in [5.41, 5.74) is 2.36. The Balaban J connectivity index is 1.52. The number of hydrogen-bond donors (Lipinski definition) is 2. The molecule has 0 aromatic heterocycles. The molecular weight excluding hydrogens is 444 g/mol. The lowest BCUT2D eigenvalue weighted by atomic mass is 9.99. The molecule has 7 heteroatoms. The molecule has 1 heterocycles. The lowest BCUT2D eigenvalue weighted by molar-refractivity contribution is -0.123. The highest BCUT2D eigenvalue weighted by molar-refractivity contribution is 5.96. The molecular formula is C28H38N2O5. The zero-order valence-corrected chi connectivity index (χ0v) is 21.1. The lowest BCUT2D eigenvalue weighted by Gasteiger charge is -2.29. The van der Waals surface area contributed by atoms with Crippen LogP contribution in [0.4, 0.5) is 0 Å². The molecule has 2 N–H and O–H groups in total. The summed E-state index contributed by atoms with van der Waals surface area (Å²) in [7, 11) is 3.22. The number of likely N-dealkylation sites (tertiary alicyclic amines) is 1. The molecule has 1 aliphatic heterocycles. The van der Waals surface area contributed by atoms with E-state index in [1.54, 1.807) is 38.5 Å². The molecule has 0 spiro atoms. The minimum Gasteiger partial charge on any atom is -0.497 e. The SMILES string of the molecule is COc1ccc(C(=O)CCCCC(=O)N[C@H](CN2CCCC2)[C@H](O)c2ccc(OC)c(C)c2)cc1. The third-order valence-electron chi connectivity index (χ3n) is 6.61. The van der Waals surface area contributed by atoms with Crippen molar-refractivity contribution in [3.8, 4) is 11.5 Å². The molecule has 1 saturated heterocycles. The van der Waals surface area contributed by atoms with E-state index in [0.29, 0.717) is 43.5 Å². The van der Waals surface area contributed by atoms with Crippen molar-refractivity contribution in [2.24, 2.45) is 0 Å². The van der Waals surface area contributed by atoms with Crippen LogP contribution in [0, 0.1) is 6.92 Å². The van der Waals surface area contributed by atoms with Crippen molar-refractivity contribution in [1.29, 1.82) is 0 Å². The molecule has 0 bridgehead atoms. The Morgan fingerprint density at radius 2 is 1.69 bits per heavy atom. The maximum atomic E-state index is 12.8. The Morgan fingerprint density at radius 1 is 1.00 bits per heavy atom. The molecule has 2 atom stereocenters. The Kier molecular flexibility index (Phi) is 10.1. The Labute approximate surface area is 208 Å². The summed E-state index contributed by atoms with van der Waals surface area (Å²) >= 11 is 0. The number of carbonyl (C=O) groups excluding carboxylic acids is 2. The van der Waals surface area contributed by atoms with Gasteiger partial charge in [-0.05, 0) is 93.2 Å². The molecule has 0 aliphatic carbocycles. The first kappa shape index (κ1) is 26.7. The second-order valence-corrected chi connectivity index (χ2v) is 9.21. The average Bonchev–Trinajstić information content (AvgIpc) is 3.39. The summed E-state index contributed by atoms with van der Waals surface area (Å²) in [6, 6.07) is 12.3. The summed E-state index contributed by atoms with van der Waals surface area (Å²) in [6.45, 7) is 4.51. The van der Waals surface area contributed by atoms with Gasteiger partial charge in [-0.2, -0.15) is 0 Å². The second-order valence-electron chi connectivity index (χ2n) is 9.21. The van der Waals surface area contributed by atoms with Gasteiger partial charge < -0.3 is 24.8 Å². The fourth-order valence-corrected chi connectivity index (χ4v) is 4.56. The maximum Gasteiger partial charge on any atom is 0.220 e. The monoisotopic (exact) mass is 482 g/mol. The van der Waals surface area contributed by atoms with Gasteiger partial charge in [-0.25, -0.2) is 0 Å². The van der Waals surface area contributed by atoms with E-state index in [0.717, 1.165) is 42.8 Å². The number of aryl methyl sites for hydroxylation is 1. The number of amides is 1. The summed E-state index contributed by atoms with van der Waals surface area (Å²) < 4.78 is 10.5. The van der Waals surface area contributed by atoms with Crippen LogP contribution in [-0.4, -0.2) is 61.6 Å². The van der Waals surface area contributed by atoms with Gasteiger partial charge in [-0.3, -0.25) is 9.59 Å². The summed E-state index contributed by atoms with van der Waals surface area (Å²) in [5, 5.41) is 14.2. The maximum absolute atomic E-state index is 12.8. The van der Waals surface area contributed by atoms with Crippen molar-refractivity contribution in [3.05, 3.63) is 59.2 Å². The van der Waals surface area contributed by atoms with Crippen LogP contribution in [-0.2, 0) is 4.79 Å². The Hall–Kier alpha value is -2.90. The number of aliphatic hydroxyl groups excluding tert-OH is 1. The molecule has 35 heavy (non-hydrogen) atoms. The van der Waals surface area contributed by atoms with Crippen LogP contribution >= 0.6 is 0 Å². The molecule has 0 unspecified atom stereocenters. The van der Waals surface area contributed by atoms with Gasteiger partial charge in [0.15, 0.2) is 5.78 Å². The fraction of sp³-hybridized carbons (Fsp3) is 0.500. The van der Waals surface area contributed by atoms with Gasteiger partial charge in [-0.15, -0.1) is 0 Å². The molecule has 7 nitrogen and oxygen atoms in total. The molecule has 0 radical (unpaired) electrons. The van der Waals surface area contributed by atoms with Crippen molar-refractivity contribution >= 4 is 11.7 Å². The van der Waals surface area contributed by atoms with Gasteiger partial charge in [0.1, 0.15) is 17.6 Å². The molecule has 1 amide bonds. The van der Waals surface area contributed by atoms with Gasteiger partial charge in [0.25, 0.3) is 0 Å². The first-order valence-electron chi connectivity index (χ1n) is 12.4. The highest BCUT2D eigenvalue weighted by atomic mass is 16.5. The Bertz CT molecular complexity index is 970. The molecule has 2 aromatic carbocycles. The number of nitrogens with one attached hydrogen (secondary N) is 1. The number of hydrogen-bond acceptors (Lipinski definition) is 6. The molecule has 190 valence electrons. The number of methoxy groups -OCH3 is 2. The first-order valence-corrected chi connectivity index (χ1v) is 12.4. The Morgan fingerprint density at radius 3 is 2.31 bits per heavy atom. The van der Waals surface area contributed by atoms with E-state index in [1.807, 2.05) is 25.1 Å². The van der Waals surface area contributed by atoms with Crippen molar-refractivity contribution < 1.29 is 24.2 Å². The third kappa shape index (κ3) is 7.80. The molecule has 1 fully saturated rings. The molecule has 2 aromatic rings. The van der Waals surface area contributed by atoms with Gasteiger partial charge in [0.2, 0.25) is 5.91 Å². The summed E-state index contributed by atoms with van der Waals surface area (Å²) in [4.78, 5) is 27.4. The predicted molar refractivity (Wildman–Crippen MR) is 136 cm³/mol. The number of nitrogens with zero attached hydrogens (tertiary/aromatic N) is 1. The highest BCUT2D eigenvalue weighted by Crippen LogP contribution is 2.25. The van der Waals surface area contributed by atoms with Crippen molar-refractivity contribution in [1.82, 2.24) is 10.2 Å². The predicted octanol–water partition coefficient (Wildman–Crippen LogP) is 4.07. The van der Waals surface area contributed by atoms with E-state index >= 15 is 0 Å². The van der Waals surface area contributed by atoms with Crippen LogP contribution < -0.4 is 14.8 Å². The van der Waals surface area contributed by atoms with E-state index in [9.17, 15) is 14.7 Å². The topological polar surface area (TPSA) is 88.1 Å². The van der Waals surface area contributed by atoms with E-state index in [4.69, 9.17) is 9.47 Å². The fourth-order valence-electron chi connectivity index (χ4n) is 4.56. The van der Waals surface area contributed by atoms with Crippen LogP contribution in [0.2, 0.25) is 0 Å². The van der Waals surface area contributed by atoms with Crippen LogP contribution in [0.5, 0.6) is 11.5 Å². The zero-order valence-electron chi connectivity index (χ0n) is 21.1. The number of aliphatic hydroxyl groups is 1. The highest BCUT2D eigenvalue weighted by Gasteiger charge is 2.27. The molecule has 1 aliphatic rings. The van der Waals surface area contributed by atoms with Crippen LogP contribution in [0.25, 0.3) is 0 Å². The third-order valence-corrected chi connectivity index (χ3v) is 6.61. The number of ketones is 1. The van der Waals surface area contributed by atoms with Gasteiger partial charge in [0.05, 0.1) is 20.3 Å². The number of rotatable bonds is 13. The average molecular weight is 483 g/mol. The van der Waals surface area contributed by atoms with Gasteiger partial charge >= 0.3 is 0 Å². The first-order chi connectivity index (χ1) is 16.9. The van der Waals surface area contributed by atoms with Crippen LogP contribution in [0.15, 0.2) is 42.5 Å². The quantitative estimate of drug-likeness (QED) is 0.331. The molecule has 3 rings (SSSR count). The van der Waals surface area contributed by atoms with Crippen molar-refractivity contribution in [2.75, 3.05) is 33.9 Å². The number of Topliss-reactive ketones (excluding diaryl/α,β-unsaturated/α-hetero) is 1. The van der Waals surface area contributed by atoms with Crippen molar-refractivity contribution in [3.63, 3.8) is 0 Å². The summed E-state index contributed by atoms with van der Waals surface area (Å²) in [6.07, 6.45) is 3.42. The summed E-state index contributed by atoms with van der Waals surface area (Å²) in [5.74, 6) is 1.44. The van der Waals surface area contributed by atoms with Gasteiger partial charge in [-0.1, -0.05) is 6.07 Å². The zero-order chi connectivity index (χ0) is 25.2. The van der Waals surface area contributed by atoms with Gasteiger partial charge in [0, 0.05) is 24.9 Å². The van der Waals surface area contributed by atoms with Crippen LogP contribution in [0.1, 0.15) is 66.1 Å². The van der Waals surface area contributed by atoms with Crippen LogP contribution in [0.3, 0.4) is 0 Å². The van der Waals surface area contributed by atoms with E-state index in [-0.39, 0.29) is 11.7 Å². The van der Waals surface area contributed by atoms with Crippen molar-refractivity contribution in [2.45, 2.75) is 57.6 Å². The normalized spacial score (nSPS) is 15.4. The van der Waals surface area contributed by atoms with E-state index in [2.05, 4.69) is 10.2 Å². The van der Waals surface area contributed by atoms with E-state index in [1.165, 1.54) is 0 Å². The minimum absolute atomic E-state index is 0.0604. The lowest BCUT2D eigenvalue weighted by Crippen LogP contribution is -2.46. The van der Waals surface area contributed by atoms with E-state index < -0.39 is 12.1 Å². The standard InChI is InChI=1S/C28H38N2O5/c1-20-18-22(12-15-26(20)35-3)28(33)24(19-30-16-6-7-17-30)29-27(32)9-5-4-8-25(31)21-10-13-23(34-2)14-11-21/h10-15,18,24,28,33H,4-9,16-17,19H2,1-3H3,(H,29,32)/t24-,28-/m1/s1. The molecule has 0 saturated carbocycles. The minimum atomic E-state index is -0.819. The second kappa shape index (κ2) is 13.3. The number of benzene rings is 2. The smallest absolute Gasteiger partial charge is 0.220 e. The largest absolute Gasteiger partial charge is 0.497 e. The number of unbranched alkanes of at least 4 members (excludes halogenated alkanes) is 1. The number of ether oxygens (including phenoxy) is 2.